The Labute approximate surface area is 57.8 Å². The maximum absolute atomic E-state index is 9.80. The fourth-order valence-electron chi connectivity index (χ4n) is 0.226. The van der Waals surface area contributed by atoms with E-state index in [0.717, 1.165) is 6.08 Å². The Balaban J connectivity index is 3.69. The molecule has 0 heterocycles. The minimum absolute atomic E-state index is 0.544. The standard InChI is InChI=1S/C5H6O3S/c6-3-4(9)1-2-5(7)8/h1-4,9H,(H,7,8). The zero-order valence-electron chi connectivity index (χ0n) is 4.52. The Morgan fingerprint density at radius 2 is 2.22 bits per heavy atom. The van der Waals surface area contributed by atoms with Crippen molar-refractivity contribution in [3.63, 3.8) is 0 Å². The van der Waals surface area contributed by atoms with Gasteiger partial charge in [0.2, 0.25) is 0 Å². The molecule has 4 heteroatoms. The molecule has 0 rings (SSSR count). The second kappa shape index (κ2) is 4.14. The van der Waals surface area contributed by atoms with E-state index in [1.165, 1.54) is 6.08 Å². The molecule has 0 spiro atoms. The molecule has 0 aliphatic carbocycles. The first-order valence-electron chi connectivity index (χ1n) is 2.21. The molecule has 0 aliphatic rings. The second-order valence-corrected chi connectivity index (χ2v) is 1.92. The number of thiol groups is 1. The van der Waals surface area contributed by atoms with Crippen LogP contribution in [0.4, 0.5) is 0 Å². The second-order valence-electron chi connectivity index (χ2n) is 1.32. The van der Waals surface area contributed by atoms with Crippen molar-refractivity contribution in [2.24, 2.45) is 0 Å². The molecule has 0 saturated heterocycles. The van der Waals surface area contributed by atoms with Crippen LogP contribution in [-0.2, 0) is 9.59 Å². The van der Waals surface area contributed by atoms with Gasteiger partial charge in [-0.15, -0.1) is 0 Å². The van der Waals surface area contributed by atoms with Crippen molar-refractivity contribution < 1.29 is 14.7 Å². The van der Waals surface area contributed by atoms with E-state index in [1.807, 2.05) is 0 Å². The van der Waals surface area contributed by atoms with E-state index in [1.54, 1.807) is 0 Å². The molecule has 1 unspecified atom stereocenters. The summed E-state index contributed by atoms with van der Waals surface area (Å²) in [6.45, 7) is 0. The number of carbonyl (C=O) groups excluding carboxylic acids is 1. The molecule has 1 atom stereocenters. The molecule has 0 bridgehead atoms. The van der Waals surface area contributed by atoms with E-state index in [4.69, 9.17) is 5.11 Å². The summed E-state index contributed by atoms with van der Waals surface area (Å²) >= 11 is 3.69. The first kappa shape index (κ1) is 8.23. The first-order valence-corrected chi connectivity index (χ1v) is 2.73. The van der Waals surface area contributed by atoms with Crippen molar-refractivity contribution in [3.05, 3.63) is 12.2 Å². The van der Waals surface area contributed by atoms with Gasteiger partial charge in [0.15, 0.2) is 0 Å². The summed E-state index contributed by atoms with van der Waals surface area (Å²) < 4.78 is 0. The lowest BCUT2D eigenvalue weighted by atomic mass is 10.4. The maximum Gasteiger partial charge on any atom is 0.328 e. The average molecular weight is 146 g/mol. The van der Waals surface area contributed by atoms with Crippen LogP contribution in [0.15, 0.2) is 12.2 Å². The lowest BCUT2D eigenvalue weighted by molar-refractivity contribution is -0.131. The van der Waals surface area contributed by atoms with Crippen LogP contribution in [0, 0.1) is 0 Å². The van der Waals surface area contributed by atoms with Crippen molar-refractivity contribution in [3.8, 4) is 0 Å². The Hall–Kier alpha value is -0.770. The smallest absolute Gasteiger partial charge is 0.328 e. The number of aliphatic carboxylic acids is 1. The number of carboxylic acids is 1. The number of hydrogen-bond donors (Lipinski definition) is 2. The Morgan fingerprint density at radius 3 is 2.56 bits per heavy atom. The fraction of sp³-hybridized carbons (Fsp3) is 0.200. The lowest BCUT2D eigenvalue weighted by Crippen LogP contribution is -1.96. The molecule has 0 radical (unpaired) electrons. The van der Waals surface area contributed by atoms with Crippen molar-refractivity contribution >= 4 is 24.9 Å². The van der Waals surface area contributed by atoms with Crippen LogP contribution >= 0.6 is 12.6 Å². The Kier molecular flexibility index (Phi) is 3.79. The van der Waals surface area contributed by atoms with Crippen LogP contribution < -0.4 is 0 Å². The minimum atomic E-state index is -1.07. The molecule has 0 aromatic rings. The molecule has 3 nitrogen and oxygen atoms in total. The normalized spacial score (nSPS) is 13.4. The third-order valence-corrected chi connectivity index (χ3v) is 0.869. The van der Waals surface area contributed by atoms with Crippen LogP contribution in [-0.4, -0.2) is 22.6 Å². The van der Waals surface area contributed by atoms with Gasteiger partial charge in [0.1, 0.15) is 6.29 Å². The molecule has 0 amide bonds. The number of carboxylic acid groups (broad SMARTS) is 1. The van der Waals surface area contributed by atoms with E-state index in [2.05, 4.69) is 12.6 Å². The van der Waals surface area contributed by atoms with E-state index >= 15 is 0 Å². The van der Waals surface area contributed by atoms with Crippen molar-refractivity contribution in [2.75, 3.05) is 0 Å². The summed E-state index contributed by atoms with van der Waals surface area (Å²) in [4.78, 5) is 19.6. The Bertz CT molecular complexity index is 141. The number of hydrogen-bond acceptors (Lipinski definition) is 3. The van der Waals surface area contributed by atoms with Crippen LogP contribution in [0.1, 0.15) is 0 Å². The fourth-order valence-corrected chi connectivity index (χ4v) is 0.312. The molecule has 0 aromatic heterocycles. The van der Waals surface area contributed by atoms with Crippen LogP contribution in [0.25, 0.3) is 0 Å². The van der Waals surface area contributed by atoms with Gasteiger partial charge in [-0.3, -0.25) is 0 Å². The zero-order valence-corrected chi connectivity index (χ0v) is 5.41. The first-order chi connectivity index (χ1) is 4.16. The minimum Gasteiger partial charge on any atom is -0.478 e. The molecule has 0 fully saturated rings. The van der Waals surface area contributed by atoms with Gasteiger partial charge in [-0.1, -0.05) is 6.08 Å². The van der Waals surface area contributed by atoms with Gasteiger partial charge in [0.05, 0.1) is 5.25 Å². The average Bonchev–Trinajstić information content (AvgIpc) is 1.83. The summed E-state index contributed by atoms with van der Waals surface area (Å²) in [6.07, 6.45) is 2.62. The summed E-state index contributed by atoms with van der Waals surface area (Å²) in [7, 11) is 0. The maximum atomic E-state index is 9.80. The highest BCUT2D eigenvalue weighted by atomic mass is 32.1. The number of carbonyl (C=O) groups is 2. The highest BCUT2D eigenvalue weighted by molar-refractivity contribution is 7.81. The molecular formula is C5H6O3S. The summed E-state index contributed by atoms with van der Waals surface area (Å²) in [5.41, 5.74) is 0. The molecule has 0 aliphatic heterocycles. The summed E-state index contributed by atoms with van der Waals surface area (Å²) in [5, 5.41) is 7.41. The molecule has 50 valence electrons. The summed E-state index contributed by atoms with van der Waals surface area (Å²) in [5.74, 6) is -1.07. The van der Waals surface area contributed by atoms with Gasteiger partial charge < -0.3 is 9.90 Å². The predicted octanol–water partition coefficient (Wildman–Crippen LogP) is 0.124. The predicted molar refractivity (Wildman–Crippen MR) is 35.6 cm³/mol. The van der Waals surface area contributed by atoms with E-state index in [9.17, 15) is 9.59 Å². The quantitative estimate of drug-likeness (QED) is 0.338. The van der Waals surface area contributed by atoms with Gasteiger partial charge >= 0.3 is 5.97 Å². The number of rotatable bonds is 3. The third-order valence-electron chi connectivity index (χ3n) is 0.575. The van der Waals surface area contributed by atoms with Crippen LogP contribution in [0.2, 0.25) is 0 Å². The largest absolute Gasteiger partial charge is 0.478 e. The van der Waals surface area contributed by atoms with E-state index < -0.39 is 11.2 Å². The van der Waals surface area contributed by atoms with Gasteiger partial charge in [0.25, 0.3) is 0 Å². The third kappa shape index (κ3) is 5.10. The van der Waals surface area contributed by atoms with Crippen LogP contribution in [0.3, 0.4) is 0 Å². The van der Waals surface area contributed by atoms with E-state index in [0.29, 0.717) is 6.29 Å². The highest BCUT2D eigenvalue weighted by Crippen LogP contribution is 1.90. The van der Waals surface area contributed by atoms with Gasteiger partial charge in [-0.05, 0) is 0 Å². The van der Waals surface area contributed by atoms with Crippen LogP contribution in [0.5, 0.6) is 0 Å². The SMILES string of the molecule is O=CC(S)C=CC(=O)O. The molecule has 0 saturated carbocycles. The summed E-state index contributed by atoms with van der Waals surface area (Å²) in [6, 6.07) is 0. The molecule has 9 heavy (non-hydrogen) atoms. The van der Waals surface area contributed by atoms with Crippen molar-refractivity contribution in [1.82, 2.24) is 0 Å². The molecular weight excluding hydrogens is 140 g/mol. The van der Waals surface area contributed by atoms with Gasteiger partial charge in [0, 0.05) is 6.08 Å². The lowest BCUT2D eigenvalue weighted by Gasteiger charge is -1.86. The monoisotopic (exact) mass is 146 g/mol. The number of aldehydes is 1. The topological polar surface area (TPSA) is 54.4 Å². The molecule has 1 N–H and O–H groups in total. The Morgan fingerprint density at radius 1 is 1.67 bits per heavy atom. The highest BCUT2D eigenvalue weighted by Gasteiger charge is 1.92. The van der Waals surface area contributed by atoms with Crippen molar-refractivity contribution in [1.29, 1.82) is 0 Å². The van der Waals surface area contributed by atoms with Gasteiger partial charge in [-0.2, -0.15) is 12.6 Å². The zero-order chi connectivity index (χ0) is 7.28. The van der Waals surface area contributed by atoms with Crippen molar-refractivity contribution in [2.45, 2.75) is 5.25 Å². The molecule has 0 aromatic carbocycles. The van der Waals surface area contributed by atoms with E-state index in [-0.39, 0.29) is 0 Å². The van der Waals surface area contributed by atoms with Gasteiger partial charge in [-0.25, -0.2) is 4.79 Å².